The topological polar surface area (TPSA) is 55.1 Å². The molecule has 0 aliphatic heterocycles. The average Bonchev–Trinajstić information content (AvgIpc) is 2.51. The zero-order valence-electron chi connectivity index (χ0n) is 13.5. The Bertz CT molecular complexity index is 606. The molecule has 0 saturated heterocycles. The van der Waals surface area contributed by atoms with Gasteiger partial charge >= 0.3 is 0 Å². The van der Waals surface area contributed by atoms with Crippen LogP contribution in [0.3, 0.4) is 0 Å². The Kier molecular flexibility index (Phi) is 5.34. The molecule has 0 aliphatic carbocycles. The predicted octanol–water partition coefficient (Wildman–Crippen LogP) is 3.10. The normalized spacial score (nSPS) is 12.2. The fraction of sp³-hybridized carbons (Fsp3) is 0.316. The van der Waals surface area contributed by atoms with Crippen LogP contribution in [0.15, 0.2) is 48.5 Å². The van der Waals surface area contributed by atoms with Crippen LogP contribution in [0, 0.1) is 19.8 Å². The monoisotopic (exact) mass is 296 g/mol. The molecule has 1 unspecified atom stereocenters. The van der Waals surface area contributed by atoms with Gasteiger partial charge in [-0.25, -0.2) is 0 Å². The molecular weight excluding hydrogens is 272 g/mol. The lowest BCUT2D eigenvalue weighted by molar-refractivity contribution is -0.124. The molecule has 0 radical (unpaired) electrons. The fourth-order valence-corrected chi connectivity index (χ4v) is 2.45. The Hall–Kier alpha value is -2.13. The van der Waals surface area contributed by atoms with E-state index in [2.05, 4.69) is 43.4 Å². The van der Waals surface area contributed by atoms with Gasteiger partial charge in [0.05, 0.1) is 6.04 Å². The average molecular weight is 296 g/mol. The number of nitrogens with two attached hydrogens (primary N) is 1. The van der Waals surface area contributed by atoms with E-state index in [9.17, 15) is 4.79 Å². The van der Waals surface area contributed by atoms with Gasteiger partial charge in [0, 0.05) is 12.5 Å². The molecule has 3 N–H and O–H groups in total. The molecule has 116 valence electrons. The Labute approximate surface area is 132 Å². The maximum absolute atomic E-state index is 12.3. The van der Waals surface area contributed by atoms with Crippen LogP contribution in [0.4, 0.5) is 0 Å². The third kappa shape index (κ3) is 3.95. The highest BCUT2D eigenvalue weighted by Gasteiger charge is 2.20. The molecule has 2 aromatic carbocycles. The van der Waals surface area contributed by atoms with Gasteiger partial charge in [0.15, 0.2) is 0 Å². The lowest BCUT2D eigenvalue weighted by Gasteiger charge is -2.22. The molecular formula is C19H24N2O. The Morgan fingerprint density at radius 1 is 1.05 bits per heavy atom. The van der Waals surface area contributed by atoms with E-state index >= 15 is 0 Å². The van der Waals surface area contributed by atoms with Crippen molar-refractivity contribution in [1.29, 1.82) is 0 Å². The van der Waals surface area contributed by atoms with Gasteiger partial charge in [0.1, 0.15) is 0 Å². The molecule has 3 heteroatoms. The molecule has 22 heavy (non-hydrogen) atoms. The van der Waals surface area contributed by atoms with E-state index < -0.39 is 0 Å². The number of benzene rings is 2. The van der Waals surface area contributed by atoms with E-state index in [-0.39, 0.29) is 17.9 Å². The van der Waals surface area contributed by atoms with Crippen molar-refractivity contribution in [3.05, 3.63) is 70.8 Å². The van der Waals surface area contributed by atoms with Gasteiger partial charge in [-0.3, -0.25) is 4.79 Å². The van der Waals surface area contributed by atoms with Crippen molar-refractivity contribution in [1.82, 2.24) is 5.32 Å². The summed E-state index contributed by atoms with van der Waals surface area (Å²) in [4.78, 5) is 12.3. The molecule has 1 atom stereocenters. The summed E-state index contributed by atoms with van der Waals surface area (Å²) < 4.78 is 0. The van der Waals surface area contributed by atoms with Gasteiger partial charge in [-0.2, -0.15) is 0 Å². The minimum Gasteiger partial charge on any atom is -0.345 e. The maximum Gasteiger partial charge on any atom is 0.224 e. The van der Waals surface area contributed by atoms with Gasteiger partial charge in [0.2, 0.25) is 5.91 Å². The number of amides is 1. The zero-order chi connectivity index (χ0) is 16.1. The van der Waals surface area contributed by atoms with Crippen molar-refractivity contribution in [3.8, 4) is 0 Å². The highest BCUT2D eigenvalue weighted by molar-refractivity contribution is 5.79. The first-order chi connectivity index (χ1) is 10.5. The van der Waals surface area contributed by atoms with Gasteiger partial charge in [-0.1, -0.05) is 66.6 Å². The van der Waals surface area contributed by atoms with Crippen LogP contribution < -0.4 is 11.1 Å². The fourth-order valence-electron chi connectivity index (χ4n) is 2.45. The molecule has 0 saturated carbocycles. The van der Waals surface area contributed by atoms with Crippen LogP contribution in [0.1, 0.15) is 35.2 Å². The third-order valence-electron chi connectivity index (χ3n) is 3.84. The molecule has 3 nitrogen and oxygen atoms in total. The third-order valence-corrected chi connectivity index (χ3v) is 3.84. The number of hydrogen-bond donors (Lipinski definition) is 2. The minimum absolute atomic E-state index is 0.0180. The summed E-state index contributed by atoms with van der Waals surface area (Å²) >= 11 is 0. The summed E-state index contributed by atoms with van der Waals surface area (Å²) in [6.07, 6.45) is 0. The summed E-state index contributed by atoms with van der Waals surface area (Å²) in [5, 5.41) is 3.14. The molecule has 0 aliphatic rings. The van der Waals surface area contributed by atoms with Crippen molar-refractivity contribution in [3.63, 3.8) is 0 Å². The first-order valence-corrected chi connectivity index (χ1v) is 7.65. The number of rotatable bonds is 5. The summed E-state index contributed by atoms with van der Waals surface area (Å²) in [6, 6.07) is 16.3. The van der Waals surface area contributed by atoms with Gasteiger partial charge in [-0.15, -0.1) is 0 Å². The highest BCUT2D eigenvalue weighted by atomic mass is 16.1. The SMILES string of the molecule is Cc1cccc(C(NC(=O)C(C)CN)c2cccc(C)c2)c1. The second-order valence-corrected chi connectivity index (χ2v) is 5.91. The number of aryl methyl sites for hydroxylation is 2. The summed E-state index contributed by atoms with van der Waals surface area (Å²) in [5.41, 5.74) is 10.1. The Morgan fingerprint density at radius 3 is 1.95 bits per heavy atom. The molecule has 0 bridgehead atoms. The number of carbonyl (C=O) groups is 1. The largest absolute Gasteiger partial charge is 0.345 e. The molecule has 0 spiro atoms. The minimum atomic E-state index is -0.197. The summed E-state index contributed by atoms with van der Waals surface area (Å²) in [5.74, 6) is -0.215. The van der Waals surface area contributed by atoms with Crippen LogP contribution >= 0.6 is 0 Å². The molecule has 0 fully saturated rings. The van der Waals surface area contributed by atoms with E-state index in [4.69, 9.17) is 5.73 Å². The van der Waals surface area contributed by atoms with Crippen LogP contribution in [-0.2, 0) is 4.79 Å². The van der Waals surface area contributed by atoms with Crippen LogP contribution in [0.5, 0.6) is 0 Å². The number of nitrogens with one attached hydrogen (secondary N) is 1. The first-order valence-electron chi connectivity index (χ1n) is 7.65. The van der Waals surface area contributed by atoms with E-state index in [1.807, 2.05) is 31.2 Å². The molecule has 2 aromatic rings. The summed E-state index contributed by atoms with van der Waals surface area (Å²) in [6.45, 7) is 6.31. The van der Waals surface area contributed by atoms with Crippen molar-refractivity contribution < 1.29 is 4.79 Å². The van der Waals surface area contributed by atoms with E-state index in [1.165, 1.54) is 11.1 Å². The highest BCUT2D eigenvalue weighted by Crippen LogP contribution is 2.24. The van der Waals surface area contributed by atoms with Crippen molar-refractivity contribution in [2.45, 2.75) is 26.8 Å². The van der Waals surface area contributed by atoms with Gasteiger partial charge in [0.25, 0.3) is 0 Å². The molecule has 1 amide bonds. The molecule has 0 heterocycles. The molecule has 2 rings (SSSR count). The predicted molar refractivity (Wildman–Crippen MR) is 90.6 cm³/mol. The zero-order valence-corrected chi connectivity index (χ0v) is 13.5. The standard InChI is InChI=1S/C19H24N2O/c1-13-6-4-8-16(10-13)18(21-19(22)15(3)12-20)17-9-5-7-14(2)11-17/h4-11,15,18H,12,20H2,1-3H3,(H,21,22). The van der Waals surface area contributed by atoms with Gasteiger partial charge < -0.3 is 11.1 Å². The van der Waals surface area contributed by atoms with Crippen molar-refractivity contribution in [2.75, 3.05) is 6.54 Å². The second-order valence-electron chi connectivity index (χ2n) is 5.91. The lowest BCUT2D eigenvalue weighted by Crippen LogP contribution is -2.36. The number of carbonyl (C=O) groups excluding carboxylic acids is 1. The first kappa shape index (κ1) is 16.2. The van der Waals surface area contributed by atoms with Crippen LogP contribution in [0.2, 0.25) is 0 Å². The van der Waals surface area contributed by atoms with Crippen LogP contribution in [0.25, 0.3) is 0 Å². The summed E-state index contributed by atoms with van der Waals surface area (Å²) in [7, 11) is 0. The maximum atomic E-state index is 12.3. The van der Waals surface area contributed by atoms with Gasteiger partial charge in [-0.05, 0) is 25.0 Å². The Balaban J connectivity index is 2.38. The van der Waals surface area contributed by atoms with E-state index in [0.29, 0.717) is 6.54 Å². The van der Waals surface area contributed by atoms with Crippen LogP contribution in [-0.4, -0.2) is 12.5 Å². The van der Waals surface area contributed by atoms with Crippen molar-refractivity contribution in [2.24, 2.45) is 11.7 Å². The van der Waals surface area contributed by atoms with E-state index in [1.54, 1.807) is 0 Å². The lowest BCUT2D eigenvalue weighted by atomic mass is 9.95. The quantitative estimate of drug-likeness (QED) is 0.890. The van der Waals surface area contributed by atoms with Crippen molar-refractivity contribution >= 4 is 5.91 Å². The molecule has 0 aromatic heterocycles. The second kappa shape index (κ2) is 7.23. The Morgan fingerprint density at radius 2 is 1.55 bits per heavy atom. The van der Waals surface area contributed by atoms with E-state index in [0.717, 1.165) is 11.1 Å². The number of hydrogen-bond acceptors (Lipinski definition) is 2. The smallest absolute Gasteiger partial charge is 0.224 e.